The first-order valence-electron chi connectivity index (χ1n) is 9.54. The lowest BCUT2D eigenvalue weighted by molar-refractivity contribution is 0.411. The Morgan fingerprint density at radius 2 is 1.77 bits per heavy atom. The average Bonchev–Trinajstić information content (AvgIpc) is 3.18. The molecule has 1 aliphatic rings. The fraction of sp³-hybridized carbons (Fsp3) is 0.227. The van der Waals surface area contributed by atoms with E-state index >= 15 is 0 Å². The summed E-state index contributed by atoms with van der Waals surface area (Å²) >= 11 is 0. The Labute approximate surface area is 179 Å². The zero-order chi connectivity index (χ0) is 22.5. The van der Waals surface area contributed by atoms with Gasteiger partial charge in [0.25, 0.3) is 10.0 Å². The van der Waals surface area contributed by atoms with E-state index in [1.54, 1.807) is 26.0 Å². The van der Waals surface area contributed by atoms with Crippen molar-refractivity contribution in [3.8, 4) is 17.5 Å². The molecule has 0 spiro atoms. The standard InChI is InChI=1S/C22H19F2N3O3S/c1-4-18-19-7-5-14(12-25)26(19)20-10-16(23)17(24)11-21(20)27(18)31(28,29)15-6-8-22(30-3)13(2)9-15/h5-11,18H,4H2,1-3H3/t18-/m0/s1. The molecule has 0 N–H and O–H groups in total. The highest BCUT2D eigenvalue weighted by molar-refractivity contribution is 7.92. The SMILES string of the molecule is CC[C@H]1c2ccc(C#N)n2-c2cc(F)c(F)cc2N1S(=O)(=O)c1ccc(OC)c(C)c1. The maximum absolute atomic E-state index is 14.3. The van der Waals surface area contributed by atoms with Gasteiger partial charge in [0.05, 0.1) is 29.4 Å². The van der Waals surface area contributed by atoms with E-state index < -0.39 is 27.7 Å². The molecule has 6 nitrogen and oxygen atoms in total. The van der Waals surface area contributed by atoms with E-state index in [1.807, 2.05) is 6.07 Å². The molecular formula is C22H19F2N3O3S. The van der Waals surface area contributed by atoms with Crippen molar-refractivity contribution in [2.45, 2.75) is 31.2 Å². The number of hydrogen-bond acceptors (Lipinski definition) is 4. The first-order chi connectivity index (χ1) is 14.7. The van der Waals surface area contributed by atoms with Crippen LogP contribution in [0.25, 0.3) is 5.69 Å². The number of aromatic nitrogens is 1. The van der Waals surface area contributed by atoms with E-state index in [4.69, 9.17) is 4.74 Å². The summed E-state index contributed by atoms with van der Waals surface area (Å²) in [4.78, 5) is 0.000413. The summed E-state index contributed by atoms with van der Waals surface area (Å²) in [6.45, 7) is 3.51. The number of halogens is 2. The van der Waals surface area contributed by atoms with Crippen molar-refractivity contribution in [2.75, 3.05) is 11.4 Å². The van der Waals surface area contributed by atoms with Crippen LogP contribution >= 0.6 is 0 Å². The van der Waals surface area contributed by atoms with Gasteiger partial charge in [-0.1, -0.05) is 6.92 Å². The summed E-state index contributed by atoms with van der Waals surface area (Å²) in [5.74, 6) is -1.77. The van der Waals surface area contributed by atoms with Crippen LogP contribution < -0.4 is 9.04 Å². The van der Waals surface area contributed by atoms with E-state index in [9.17, 15) is 22.5 Å². The highest BCUT2D eigenvalue weighted by Gasteiger charge is 2.40. The molecule has 0 aliphatic carbocycles. The van der Waals surface area contributed by atoms with Crippen molar-refractivity contribution in [3.63, 3.8) is 0 Å². The van der Waals surface area contributed by atoms with Gasteiger partial charge in [-0.15, -0.1) is 0 Å². The molecule has 0 bridgehead atoms. The predicted molar refractivity (Wildman–Crippen MR) is 111 cm³/mol. The number of nitrogens with zero attached hydrogens (tertiary/aromatic N) is 3. The number of aryl methyl sites for hydroxylation is 1. The molecule has 1 aliphatic heterocycles. The molecule has 2 heterocycles. The topological polar surface area (TPSA) is 75.3 Å². The highest BCUT2D eigenvalue weighted by atomic mass is 32.2. The lowest BCUT2D eigenvalue weighted by Gasteiger charge is -2.38. The van der Waals surface area contributed by atoms with Crippen LogP contribution in [0.2, 0.25) is 0 Å². The van der Waals surface area contributed by atoms with Crippen LogP contribution in [-0.2, 0) is 10.0 Å². The average molecular weight is 443 g/mol. The van der Waals surface area contributed by atoms with Crippen LogP contribution in [0.1, 0.15) is 36.3 Å². The minimum atomic E-state index is -4.16. The second-order valence-corrected chi connectivity index (χ2v) is 9.02. The largest absolute Gasteiger partial charge is 0.496 e. The van der Waals surface area contributed by atoms with Gasteiger partial charge in [0.1, 0.15) is 17.5 Å². The second-order valence-electron chi connectivity index (χ2n) is 7.20. The Bertz CT molecular complexity index is 1340. The number of fused-ring (bicyclic) bond motifs is 3. The number of sulfonamides is 1. The van der Waals surface area contributed by atoms with Crippen molar-refractivity contribution in [1.29, 1.82) is 5.26 Å². The molecule has 0 unspecified atom stereocenters. The monoisotopic (exact) mass is 443 g/mol. The zero-order valence-electron chi connectivity index (χ0n) is 17.1. The molecular weight excluding hydrogens is 424 g/mol. The second kappa shape index (κ2) is 7.39. The van der Waals surface area contributed by atoms with Crippen molar-refractivity contribution in [1.82, 2.24) is 4.57 Å². The molecule has 31 heavy (non-hydrogen) atoms. The van der Waals surface area contributed by atoms with Crippen LogP contribution in [0.15, 0.2) is 47.4 Å². The van der Waals surface area contributed by atoms with Gasteiger partial charge in [-0.05, 0) is 49.2 Å². The fourth-order valence-corrected chi connectivity index (χ4v) is 5.83. The molecule has 160 valence electrons. The Kier molecular flexibility index (Phi) is 4.98. The first-order valence-corrected chi connectivity index (χ1v) is 11.0. The molecule has 0 amide bonds. The third-order valence-corrected chi connectivity index (χ3v) is 7.27. The van der Waals surface area contributed by atoms with E-state index in [0.717, 1.165) is 16.4 Å². The third-order valence-electron chi connectivity index (χ3n) is 5.46. The molecule has 4 rings (SSSR count). The summed E-state index contributed by atoms with van der Waals surface area (Å²) in [5.41, 5.74) is 1.40. The lowest BCUT2D eigenvalue weighted by atomic mass is 10.1. The lowest BCUT2D eigenvalue weighted by Crippen LogP contribution is -2.39. The minimum Gasteiger partial charge on any atom is -0.496 e. The quantitative estimate of drug-likeness (QED) is 0.590. The van der Waals surface area contributed by atoms with Gasteiger partial charge in [-0.3, -0.25) is 4.31 Å². The third kappa shape index (κ3) is 3.06. The van der Waals surface area contributed by atoms with Crippen LogP contribution in [0.4, 0.5) is 14.5 Å². The summed E-state index contributed by atoms with van der Waals surface area (Å²) in [7, 11) is -2.67. The Morgan fingerprint density at radius 1 is 1.10 bits per heavy atom. The fourth-order valence-electron chi connectivity index (χ4n) is 4.04. The minimum absolute atomic E-state index is 0.000413. The van der Waals surface area contributed by atoms with E-state index in [-0.39, 0.29) is 22.0 Å². The molecule has 0 saturated heterocycles. The smallest absolute Gasteiger partial charge is 0.265 e. The van der Waals surface area contributed by atoms with Gasteiger partial charge in [-0.25, -0.2) is 17.2 Å². The molecule has 3 aromatic rings. The van der Waals surface area contributed by atoms with Gasteiger partial charge in [-0.2, -0.15) is 5.26 Å². The Balaban J connectivity index is 2.01. The van der Waals surface area contributed by atoms with Crippen LogP contribution in [-0.4, -0.2) is 20.1 Å². The van der Waals surface area contributed by atoms with Gasteiger partial charge in [0, 0.05) is 17.8 Å². The van der Waals surface area contributed by atoms with Crippen LogP contribution in [0.5, 0.6) is 5.75 Å². The van der Waals surface area contributed by atoms with E-state index in [2.05, 4.69) is 0 Å². The van der Waals surface area contributed by atoms with Crippen molar-refractivity contribution in [3.05, 3.63) is 71.1 Å². The maximum atomic E-state index is 14.3. The molecule has 0 fully saturated rings. The van der Waals surface area contributed by atoms with E-state index in [0.29, 0.717) is 23.4 Å². The molecule has 0 radical (unpaired) electrons. The highest BCUT2D eigenvalue weighted by Crippen LogP contribution is 2.45. The zero-order valence-corrected chi connectivity index (χ0v) is 17.9. The number of methoxy groups -OCH3 is 1. The van der Waals surface area contributed by atoms with Crippen LogP contribution in [0, 0.1) is 29.9 Å². The van der Waals surface area contributed by atoms with Crippen molar-refractivity contribution < 1.29 is 21.9 Å². The Hall–Kier alpha value is -3.38. The molecule has 9 heteroatoms. The molecule has 1 atom stereocenters. The maximum Gasteiger partial charge on any atom is 0.265 e. The summed E-state index contributed by atoms with van der Waals surface area (Å²) in [6, 6.07) is 10.7. The van der Waals surface area contributed by atoms with Gasteiger partial charge in [0.15, 0.2) is 11.6 Å². The molecule has 2 aromatic carbocycles. The number of ether oxygens (including phenoxy) is 1. The number of anilines is 1. The van der Waals surface area contributed by atoms with Crippen molar-refractivity contribution >= 4 is 15.7 Å². The summed E-state index contributed by atoms with van der Waals surface area (Å²) in [5, 5.41) is 9.49. The Morgan fingerprint density at radius 3 is 2.35 bits per heavy atom. The molecule has 1 aromatic heterocycles. The number of benzene rings is 2. The molecule has 0 saturated carbocycles. The van der Waals surface area contributed by atoms with Gasteiger partial charge >= 0.3 is 0 Å². The normalized spacial score (nSPS) is 15.2. The number of rotatable bonds is 4. The first kappa shape index (κ1) is 20.9. The van der Waals surface area contributed by atoms with Crippen molar-refractivity contribution in [2.24, 2.45) is 0 Å². The van der Waals surface area contributed by atoms with Gasteiger partial charge < -0.3 is 9.30 Å². The number of hydrogen-bond donors (Lipinski definition) is 0. The van der Waals surface area contributed by atoms with Crippen LogP contribution in [0.3, 0.4) is 0 Å². The summed E-state index contributed by atoms with van der Waals surface area (Å²) in [6.07, 6.45) is 0.349. The van der Waals surface area contributed by atoms with Gasteiger partial charge in [0.2, 0.25) is 0 Å². The van der Waals surface area contributed by atoms with E-state index in [1.165, 1.54) is 29.9 Å². The number of nitriles is 1. The summed E-state index contributed by atoms with van der Waals surface area (Å²) < 4.78 is 63.7. The predicted octanol–water partition coefficient (Wildman–Crippen LogP) is 4.60.